The minimum Gasteiger partial charge on any atom is -0.384 e. The lowest BCUT2D eigenvalue weighted by Gasteiger charge is -2.22. The van der Waals surface area contributed by atoms with Gasteiger partial charge in [-0.05, 0) is 52.8 Å². The fourth-order valence-electron chi connectivity index (χ4n) is 3.87. The van der Waals surface area contributed by atoms with E-state index in [4.69, 9.17) is 5.41 Å². The number of nitrogens with one attached hydrogen (secondary N) is 3. The normalized spacial score (nSPS) is 13.6. The highest BCUT2D eigenvalue weighted by Crippen LogP contribution is 2.35. The topological polar surface area (TPSA) is 51.2 Å². The monoisotopic (exact) mass is 340 g/mol. The summed E-state index contributed by atoms with van der Waals surface area (Å²) in [7, 11) is 1.93. The summed E-state index contributed by atoms with van der Waals surface area (Å²) in [6, 6.07) is 16.8. The highest BCUT2D eigenvalue weighted by atomic mass is 15.3. The molecule has 0 atom stereocenters. The van der Waals surface area contributed by atoms with Gasteiger partial charge >= 0.3 is 0 Å². The molecule has 0 saturated carbocycles. The van der Waals surface area contributed by atoms with Gasteiger partial charge in [-0.1, -0.05) is 36.4 Å². The summed E-state index contributed by atoms with van der Waals surface area (Å²) in [5.74, 6) is 0.363. The van der Waals surface area contributed by atoms with E-state index in [9.17, 15) is 0 Å². The average molecular weight is 340 g/mol. The van der Waals surface area contributed by atoms with Gasteiger partial charge in [0, 0.05) is 36.0 Å². The summed E-state index contributed by atoms with van der Waals surface area (Å²) in [6.07, 6.45) is 5.34. The lowest BCUT2D eigenvalue weighted by Crippen LogP contribution is -2.32. The highest BCUT2D eigenvalue weighted by molar-refractivity contribution is 6.13. The third-order valence-corrected chi connectivity index (χ3v) is 5.32. The molecule has 4 heteroatoms. The van der Waals surface area contributed by atoms with Crippen molar-refractivity contribution in [3.8, 4) is 0 Å². The predicted octanol–water partition coefficient (Wildman–Crippen LogP) is 4.77. The second-order valence-corrected chi connectivity index (χ2v) is 6.86. The zero-order chi connectivity index (χ0) is 17.7. The third-order valence-electron chi connectivity index (χ3n) is 5.32. The van der Waals surface area contributed by atoms with Crippen molar-refractivity contribution in [2.75, 3.05) is 29.1 Å². The molecule has 5 rings (SSSR count). The van der Waals surface area contributed by atoms with E-state index in [0.29, 0.717) is 5.96 Å². The Hall–Kier alpha value is -3.27. The molecule has 0 aromatic heterocycles. The number of benzene rings is 3. The second-order valence-electron chi connectivity index (χ2n) is 6.86. The maximum Gasteiger partial charge on any atom is 0.199 e. The fraction of sp³-hybridized carbons (Fsp3) is 0.136. The minimum absolute atomic E-state index is 0.363. The van der Waals surface area contributed by atoms with Gasteiger partial charge in [0.2, 0.25) is 0 Å². The van der Waals surface area contributed by atoms with Crippen LogP contribution in [0.5, 0.6) is 0 Å². The number of fused-ring (bicyclic) bond motifs is 1. The molecule has 0 fully saturated rings. The van der Waals surface area contributed by atoms with Crippen LogP contribution in [0, 0.1) is 5.41 Å². The molecule has 3 aromatic carbocycles. The van der Waals surface area contributed by atoms with Crippen molar-refractivity contribution < 1.29 is 0 Å². The number of hydrogen-bond acceptors (Lipinski definition) is 2. The van der Waals surface area contributed by atoms with Crippen LogP contribution in [0.25, 0.3) is 22.9 Å². The van der Waals surface area contributed by atoms with Crippen LogP contribution >= 0.6 is 0 Å². The summed E-state index contributed by atoms with van der Waals surface area (Å²) in [6.45, 7) is 0.993. The smallest absolute Gasteiger partial charge is 0.199 e. The lowest BCUT2D eigenvalue weighted by molar-refractivity contribution is 1.10. The zero-order valence-electron chi connectivity index (χ0n) is 14.6. The summed E-state index contributed by atoms with van der Waals surface area (Å²) >= 11 is 0. The standard InChI is InChI=1S/C22H20N4/c1-26(17-8-10-19-16(13-17)11-12-24-19)22(23)25-20-9-7-15-6-5-14-3-2-4-18(20)21(14)15/h2-10,13,24H,11-12H2,1H3,(H2,23,25). The van der Waals surface area contributed by atoms with E-state index in [2.05, 4.69) is 71.3 Å². The number of hydrogen-bond donors (Lipinski definition) is 3. The minimum atomic E-state index is 0.363. The van der Waals surface area contributed by atoms with Crippen LogP contribution in [-0.4, -0.2) is 19.6 Å². The molecule has 26 heavy (non-hydrogen) atoms. The first kappa shape index (κ1) is 15.0. The number of guanidine groups is 1. The van der Waals surface area contributed by atoms with Crippen molar-refractivity contribution in [1.82, 2.24) is 0 Å². The van der Waals surface area contributed by atoms with Crippen molar-refractivity contribution >= 4 is 45.9 Å². The molecular formula is C22H20N4. The molecule has 3 N–H and O–H groups in total. The molecule has 0 bridgehead atoms. The summed E-state index contributed by atoms with van der Waals surface area (Å²) in [5, 5.41) is 17.6. The Bertz CT molecular complexity index is 1070. The molecule has 1 heterocycles. The molecular weight excluding hydrogens is 320 g/mol. The number of rotatable bonds is 2. The number of anilines is 3. The van der Waals surface area contributed by atoms with E-state index in [1.807, 2.05) is 11.9 Å². The Morgan fingerprint density at radius 2 is 1.92 bits per heavy atom. The molecule has 0 saturated heterocycles. The SMILES string of the molecule is CN(C(=N)Nc1ccc2c3c(cccc13)C=C2)c1ccc2c(c1)CCN2. The quantitative estimate of drug-likeness (QED) is 0.364. The third kappa shape index (κ3) is 2.26. The van der Waals surface area contributed by atoms with Gasteiger partial charge in [0.05, 0.1) is 0 Å². The zero-order valence-corrected chi connectivity index (χ0v) is 14.6. The molecule has 1 aliphatic heterocycles. The molecule has 128 valence electrons. The lowest BCUT2D eigenvalue weighted by atomic mass is 10.0. The van der Waals surface area contributed by atoms with E-state index in [1.165, 1.54) is 27.8 Å². The van der Waals surface area contributed by atoms with E-state index < -0.39 is 0 Å². The van der Waals surface area contributed by atoms with Crippen molar-refractivity contribution in [1.29, 1.82) is 5.41 Å². The van der Waals surface area contributed by atoms with Crippen molar-refractivity contribution in [3.63, 3.8) is 0 Å². The van der Waals surface area contributed by atoms with Crippen molar-refractivity contribution in [3.05, 3.63) is 65.2 Å². The summed E-state index contributed by atoms with van der Waals surface area (Å²) in [5.41, 5.74) is 7.01. The first-order valence-electron chi connectivity index (χ1n) is 8.90. The van der Waals surface area contributed by atoms with Gasteiger partial charge in [-0.2, -0.15) is 0 Å². The van der Waals surface area contributed by atoms with Gasteiger partial charge in [-0.25, -0.2) is 0 Å². The van der Waals surface area contributed by atoms with Crippen LogP contribution in [0.15, 0.2) is 48.5 Å². The summed E-state index contributed by atoms with van der Waals surface area (Å²) < 4.78 is 0. The molecule has 3 aromatic rings. The first-order chi connectivity index (χ1) is 12.7. The predicted molar refractivity (Wildman–Crippen MR) is 111 cm³/mol. The van der Waals surface area contributed by atoms with Crippen LogP contribution in [0.2, 0.25) is 0 Å². The van der Waals surface area contributed by atoms with Gasteiger partial charge in [-0.3, -0.25) is 5.41 Å². The molecule has 0 spiro atoms. The van der Waals surface area contributed by atoms with Gasteiger partial charge in [0.15, 0.2) is 5.96 Å². The molecule has 0 unspecified atom stereocenters. The van der Waals surface area contributed by atoms with Crippen LogP contribution < -0.4 is 15.5 Å². The maximum absolute atomic E-state index is 8.55. The van der Waals surface area contributed by atoms with Crippen molar-refractivity contribution in [2.45, 2.75) is 6.42 Å². The van der Waals surface area contributed by atoms with E-state index >= 15 is 0 Å². The highest BCUT2D eigenvalue weighted by Gasteiger charge is 2.16. The van der Waals surface area contributed by atoms with E-state index in [1.54, 1.807) is 0 Å². The second kappa shape index (κ2) is 5.63. The van der Waals surface area contributed by atoms with Crippen LogP contribution in [-0.2, 0) is 6.42 Å². The molecule has 2 aliphatic rings. The Morgan fingerprint density at radius 1 is 1.08 bits per heavy atom. The molecule has 1 aliphatic carbocycles. The Kier molecular flexibility index (Phi) is 3.25. The van der Waals surface area contributed by atoms with Crippen LogP contribution in [0.3, 0.4) is 0 Å². The average Bonchev–Trinajstić information content (AvgIpc) is 3.30. The molecule has 0 amide bonds. The first-order valence-corrected chi connectivity index (χ1v) is 8.90. The Morgan fingerprint density at radius 3 is 2.81 bits per heavy atom. The van der Waals surface area contributed by atoms with Gasteiger partial charge < -0.3 is 15.5 Å². The molecule has 0 radical (unpaired) electrons. The van der Waals surface area contributed by atoms with Crippen LogP contribution in [0.4, 0.5) is 17.1 Å². The van der Waals surface area contributed by atoms with E-state index in [0.717, 1.165) is 29.7 Å². The largest absolute Gasteiger partial charge is 0.384 e. The molecule has 4 nitrogen and oxygen atoms in total. The maximum atomic E-state index is 8.55. The Balaban J connectivity index is 1.45. The van der Waals surface area contributed by atoms with Gasteiger partial charge in [-0.15, -0.1) is 0 Å². The van der Waals surface area contributed by atoms with Gasteiger partial charge in [0.1, 0.15) is 0 Å². The Labute approximate surface area is 152 Å². The fourth-order valence-corrected chi connectivity index (χ4v) is 3.87. The summed E-state index contributed by atoms with van der Waals surface area (Å²) in [4.78, 5) is 1.89. The van der Waals surface area contributed by atoms with Crippen molar-refractivity contribution in [2.24, 2.45) is 0 Å². The van der Waals surface area contributed by atoms with E-state index in [-0.39, 0.29) is 0 Å². The number of nitrogens with zero attached hydrogens (tertiary/aromatic N) is 1. The van der Waals surface area contributed by atoms with Gasteiger partial charge in [0.25, 0.3) is 0 Å². The van der Waals surface area contributed by atoms with Crippen LogP contribution in [0.1, 0.15) is 16.7 Å².